The lowest BCUT2D eigenvalue weighted by Gasteiger charge is -2.08. The second kappa shape index (κ2) is 7.19. The van der Waals surface area contributed by atoms with E-state index in [0.717, 1.165) is 30.9 Å². The Hall–Kier alpha value is -1.32. The van der Waals surface area contributed by atoms with Crippen LogP contribution in [0.3, 0.4) is 0 Å². The Bertz CT molecular complexity index is 343. The Labute approximate surface area is 108 Å². The van der Waals surface area contributed by atoms with Crippen LogP contribution in [0.15, 0.2) is 12.5 Å². The largest absolute Gasteiger partial charge is 0.466 e. The summed E-state index contributed by atoms with van der Waals surface area (Å²) in [6, 6.07) is 0. The third-order valence-electron chi connectivity index (χ3n) is 3.64. The first-order chi connectivity index (χ1) is 8.84. The van der Waals surface area contributed by atoms with E-state index in [2.05, 4.69) is 9.97 Å². The number of imidazole rings is 1. The van der Waals surface area contributed by atoms with Crippen LogP contribution in [-0.4, -0.2) is 22.5 Å². The Morgan fingerprint density at radius 1 is 1.44 bits per heavy atom. The highest BCUT2D eigenvalue weighted by atomic mass is 16.5. The summed E-state index contributed by atoms with van der Waals surface area (Å²) < 4.78 is 5.23. The van der Waals surface area contributed by atoms with Crippen molar-refractivity contribution >= 4 is 5.97 Å². The van der Waals surface area contributed by atoms with E-state index < -0.39 is 0 Å². The Morgan fingerprint density at radius 3 is 3.00 bits per heavy atom. The fraction of sp³-hybridized carbons (Fsp3) is 0.714. The summed E-state index contributed by atoms with van der Waals surface area (Å²) in [6.07, 6.45) is 12.1. The molecule has 1 aromatic heterocycles. The van der Waals surface area contributed by atoms with Crippen molar-refractivity contribution in [3.63, 3.8) is 0 Å². The van der Waals surface area contributed by atoms with Crippen LogP contribution in [0, 0.1) is 5.92 Å². The zero-order valence-corrected chi connectivity index (χ0v) is 10.9. The quantitative estimate of drug-likeness (QED) is 0.598. The van der Waals surface area contributed by atoms with E-state index in [1.54, 1.807) is 6.33 Å². The average molecular weight is 250 g/mol. The van der Waals surface area contributed by atoms with Crippen molar-refractivity contribution in [1.82, 2.24) is 9.97 Å². The summed E-state index contributed by atoms with van der Waals surface area (Å²) >= 11 is 0. The van der Waals surface area contributed by atoms with Gasteiger partial charge in [-0.15, -0.1) is 0 Å². The second-order valence-corrected chi connectivity index (χ2v) is 5.09. The lowest BCUT2D eigenvalue weighted by atomic mass is 10.0. The Balaban J connectivity index is 1.49. The number of H-pyrrole nitrogens is 1. The van der Waals surface area contributed by atoms with E-state index in [4.69, 9.17) is 4.74 Å². The summed E-state index contributed by atoms with van der Waals surface area (Å²) in [4.78, 5) is 18.5. The number of nitrogens with zero attached hydrogens (tertiary/aromatic N) is 1. The molecule has 0 amide bonds. The van der Waals surface area contributed by atoms with Crippen LogP contribution in [0.4, 0.5) is 0 Å². The van der Waals surface area contributed by atoms with Gasteiger partial charge < -0.3 is 9.72 Å². The summed E-state index contributed by atoms with van der Waals surface area (Å²) in [5, 5.41) is 0. The molecule has 2 rings (SSSR count). The molecule has 100 valence electrons. The van der Waals surface area contributed by atoms with Gasteiger partial charge in [0.1, 0.15) is 0 Å². The molecule has 1 aromatic rings. The maximum Gasteiger partial charge on any atom is 0.305 e. The van der Waals surface area contributed by atoms with E-state index >= 15 is 0 Å². The Kier molecular flexibility index (Phi) is 5.24. The molecular weight excluding hydrogens is 228 g/mol. The third-order valence-corrected chi connectivity index (χ3v) is 3.64. The molecule has 0 aromatic carbocycles. The monoisotopic (exact) mass is 250 g/mol. The maximum absolute atomic E-state index is 11.5. The standard InChI is InChI=1S/C14H22N2O2/c17-14(8-7-12-4-1-2-5-12)18-9-3-6-13-10-15-11-16-13/h10-12H,1-9H2,(H,15,16). The number of aromatic amines is 1. The fourth-order valence-corrected chi connectivity index (χ4v) is 2.56. The number of carbonyl (C=O) groups is 1. The SMILES string of the molecule is O=C(CCC1CCCC1)OCCCc1cnc[nH]1. The molecule has 1 heterocycles. The van der Waals surface area contributed by atoms with Crippen LogP contribution < -0.4 is 0 Å². The molecule has 0 unspecified atom stereocenters. The highest BCUT2D eigenvalue weighted by Gasteiger charge is 2.16. The molecule has 18 heavy (non-hydrogen) atoms. The van der Waals surface area contributed by atoms with Gasteiger partial charge >= 0.3 is 5.97 Å². The first-order valence-electron chi connectivity index (χ1n) is 6.97. The lowest BCUT2D eigenvalue weighted by Crippen LogP contribution is -2.08. The van der Waals surface area contributed by atoms with E-state index in [9.17, 15) is 4.79 Å². The molecule has 1 aliphatic carbocycles. The minimum Gasteiger partial charge on any atom is -0.466 e. The maximum atomic E-state index is 11.5. The molecule has 0 atom stereocenters. The van der Waals surface area contributed by atoms with Crippen LogP contribution in [0.2, 0.25) is 0 Å². The molecule has 1 N–H and O–H groups in total. The van der Waals surface area contributed by atoms with Crippen LogP contribution in [0.25, 0.3) is 0 Å². The van der Waals surface area contributed by atoms with Gasteiger partial charge in [-0.2, -0.15) is 0 Å². The molecule has 4 nitrogen and oxygen atoms in total. The van der Waals surface area contributed by atoms with E-state index in [1.165, 1.54) is 25.7 Å². The van der Waals surface area contributed by atoms with Crippen molar-refractivity contribution < 1.29 is 9.53 Å². The smallest absolute Gasteiger partial charge is 0.305 e. The summed E-state index contributed by atoms with van der Waals surface area (Å²) in [6.45, 7) is 0.516. The van der Waals surface area contributed by atoms with Crippen LogP contribution in [0.5, 0.6) is 0 Å². The topological polar surface area (TPSA) is 55.0 Å². The molecule has 0 bridgehead atoms. The van der Waals surface area contributed by atoms with Crippen LogP contribution in [0.1, 0.15) is 50.6 Å². The van der Waals surface area contributed by atoms with Crippen molar-refractivity contribution in [1.29, 1.82) is 0 Å². The first kappa shape index (κ1) is 13.1. The van der Waals surface area contributed by atoms with E-state index in [1.807, 2.05) is 6.20 Å². The van der Waals surface area contributed by atoms with E-state index in [-0.39, 0.29) is 5.97 Å². The third kappa shape index (κ3) is 4.51. The van der Waals surface area contributed by atoms with Crippen molar-refractivity contribution in [2.45, 2.75) is 51.4 Å². The van der Waals surface area contributed by atoms with Crippen LogP contribution in [-0.2, 0) is 16.0 Å². The molecule has 1 saturated carbocycles. The molecule has 0 radical (unpaired) electrons. The van der Waals surface area contributed by atoms with Crippen molar-refractivity contribution in [3.8, 4) is 0 Å². The summed E-state index contributed by atoms with van der Waals surface area (Å²) in [5.41, 5.74) is 1.09. The fourth-order valence-electron chi connectivity index (χ4n) is 2.56. The zero-order chi connectivity index (χ0) is 12.6. The highest BCUT2D eigenvalue weighted by Crippen LogP contribution is 2.28. The number of nitrogens with one attached hydrogen (secondary N) is 1. The van der Waals surface area contributed by atoms with Gasteiger partial charge in [-0.05, 0) is 25.2 Å². The average Bonchev–Trinajstić information content (AvgIpc) is 3.04. The lowest BCUT2D eigenvalue weighted by molar-refractivity contribution is -0.144. The normalized spacial score (nSPS) is 16.0. The molecule has 0 aliphatic heterocycles. The minimum absolute atomic E-state index is 0.0356. The molecule has 1 fully saturated rings. The number of aryl methyl sites for hydroxylation is 1. The number of hydrogen-bond donors (Lipinski definition) is 1. The van der Waals surface area contributed by atoms with Gasteiger partial charge in [-0.25, -0.2) is 4.98 Å². The summed E-state index contributed by atoms with van der Waals surface area (Å²) in [5.74, 6) is 0.731. The number of carbonyl (C=O) groups excluding carboxylic acids is 1. The predicted molar refractivity (Wildman–Crippen MR) is 69.1 cm³/mol. The van der Waals surface area contributed by atoms with Gasteiger partial charge in [0.05, 0.1) is 12.9 Å². The molecule has 0 saturated heterocycles. The van der Waals surface area contributed by atoms with Gasteiger partial charge in [0, 0.05) is 18.3 Å². The highest BCUT2D eigenvalue weighted by molar-refractivity contribution is 5.69. The second-order valence-electron chi connectivity index (χ2n) is 5.09. The van der Waals surface area contributed by atoms with E-state index in [0.29, 0.717) is 13.0 Å². The molecule has 4 heteroatoms. The number of rotatable bonds is 7. The van der Waals surface area contributed by atoms with Gasteiger partial charge in [0.2, 0.25) is 0 Å². The van der Waals surface area contributed by atoms with Crippen molar-refractivity contribution in [2.75, 3.05) is 6.61 Å². The minimum atomic E-state index is -0.0356. The molecule has 0 spiro atoms. The number of ether oxygens (including phenoxy) is 1. The summed E-state index contributed by atoms with van der Waals surface area (Å²) in [7, 11) is 0. The van der Waals surface area contributed by atoms with Crippen LogP contribution >= 0.6 is 0 Å². The number of esters is 1. The first-order valence-corrected chi connectivity index (χ1v) is 6.97. The van der Waals surface area contributed by atoms with Gasteiger partial charge in [-0.1, -0.05) is 25.7 Å². The van der Waals surface area contributed by atoms with Gasteiger partial charge in [-0.3, -0.25) is 4.79 Å². The molecular formula is C14H22N2O2. The van der Waals surface area contributed by atoms with Crippen molar-refractivity contribution in [3.05, 3.63) is 18.2 Å². The Morgan fingerprint density at radius 2 is 2.28 bits per heavy atom. The molecule has 1 aliphatic rings. The predicted octanol–water partition coefficient (Wildman–Crippen LogP) is 2.86. The number of aromatic nitrogens is 2. The number of hydrogen-bond acceptors (Lipinski definition) is 3. The van der Waals surface area contributed by atoms with Crippen molar-refractivity contribution in [2.24, 2.45) is 5.92 Å². The van der Waals surface area contributed by atoms with Gasteiger partial charge in [0.25, 0.3) is 0 Å². The zero-order valence-electron chi connectivity index (χ0n) is 10.9. The van der Waals surface area contributed by atoms with Gasteiger partial charge in [0.15, 0.2) is 0 Å².